The second-order valence-electron chi connectivity index (χ2n) is 6.81. The fraction of sp³-hybridized carbons (Fsp3) is 0.368. The van der Waals surface area contributed by atoms with E-state index in [1.54, 1.807) is 12.2 Å². The lowest BCUT2D eigenvalue weighted by molar-refractivity contribution is -0.135. The summed E-state index contributed by atoms with van der Waals surface area (Å²) < 4.78 is 4.68. The Balaban J connectivity index is 2.30. The molecule has 1 atom stereocenters. The lowest BCUT2D eigenvalue weighted by Gasteiger charge is -2.24. The van der Waals surface area contributed by atoms with Gasteiger partial charge in [0, 0.05) is 23.1 Å². The average Bonchev–Trinajstić information content (AvgIpc) is 2.60. The highest BCUT2D eigenvalue weighted by Gasteiger charge is 2.23. The number of benzene rings is 1. The topological polar surface area (TPSA) is 68.1 Å². The molecule has 0 fully saturated rings. The van der Waals surface area contributed by atoms with E-state index in [2.05, 4.69) is 35.7 Å². The van der Waals surface area contributed by atoms with Gasteiger partial charge in [0.05, 0.1) is 0 Å². The van der Waals surface area contributed by atoms with Crippen LogP contribution in [0.2, 0.25) is 5.02 Å². The van der Waals surface area contributed by atoms with Crippen LogP contribution in [0.5, 0.6) is 0 Å². The molecular weight excluding hydrogens is 407 g/mol. The Morgan fingerprint density at radius 2 is 2.11 bits per heavy atom. The molecule has 1 aromatic carbocycles. The van der Waals surface area contributed by atoms with Crippen molar-refractivity contribution in [1.82, 2.24) is 0 Å². The molecule has 0 aliphatic carbocycles. The first-order valence-corrected chi connectivity index (χ1v) is 10.1. The molecule has 0 saturated heterocycles. The molecule has 1 amide bonds. The van der Waals surface area contributed by atoms with E-state index in [4.69, 9.17) is 23.2 Å². The van der Waals surface area contributed by atoms with E-state index in [1.807, 2.05) is 12.1 Å². The lowest BCUT2D eigenvalue weighted by atomic mass is 9.83. The van der Waals surface area contributed by atoms with Gasteiger partial charge in [0.1, 0.15) is 5.25 Å². The van der Waals surface area contributed by atoms with Crippen LogP contribution in [0.25, 0.3) is 6.08 Å². The van der Waals surface area contributed by atoms with Crippen LogP contribution in [0.3, 0.4) is 0 Å². The number of alkyl halides is 1. The van der Waals surface area contributed by atoms with Crippen LogP contribution in [0.1, 0.15) is 37.5 Å². The number of carbonyl (C=O) groups excluding carboxylic acids is 2. The summed E-state index contributed by atoms with van der Waals surface area (Å²) in [5.74, 6) is -0.217. The van der Waals surface area contributed by atoms with Crippen molar-refractivity contribution >= 4 is 52.9 Å². The van der Waals surface area contributed by atoms with Gasteiger partial charge < -0.3 is 4.74 Å². The molecule has 144 valence electrons. The van der Waals surface area contributed by atoms with E-state index in [9.17, 15) is 9.59 Å². The van der Waals surface area contributed by atoms with Crippen LogP contribution in [-0.2, 0) is 25.5 Å². The molecule has 1 aliphatic rings. The Labute approximate surface area is 172 Å². The number of carbonyl (C=O) groups is 2. The van der Waals surface area contributed by atoms with E-state index < -0.39 is 5.97 Å². The molecule has 0 aromatic heterocycles. The molecule has 0 bridgehead atoms. The quantitative estimate of drug-likeness (QED) is 0.342. The molecule has 0 saturated carbocycles. The SMILES string of the molecule is CC(C)(C)c1cc(Cl)c(/C=C/C(=O)OCCl)cc1CSC1C=CN=NC1=O. The smallest absolute Gasteiger partial charge is 0.331 e. The minimum atomic E-state index is -0.541. The Morgan fingerprint density at radius 3 is 2.74 bits per heavy atom. The Hall–Kier alpha value is -1.63. The fourth-order valence-electron chi connectivity index (χ4n) is 2.49. The molecule has 0 radical (unpaired) electrons. The molecule has 0 spiro atoms. The van der Waals surface area contributed by atoms with Crippen LogP contribution in [0, 0.1) is 0 Å². The van der Waals surface area contributed by atoms with E-state index in [1.165, 1.54) is 24.0 Å². The molecule has 0 N–H and O–H groups in total. The molecule has 1 heterocycles. The third-order valence-electron chi connectivity index (χ3n) is 3.77. The zero-order valence-electron chi connectivity index (χ0n) is 15.2. The van der Waals surface area contributed by atoms with Crippen molar-refractivity contribution in [2.24, 2.45) is 10.2 Å². The first kappa shape index (κ1) is 21.7. The van der Waals surface area contributed by atoms with E-state index in [-0.39, 0.29) is 22.6 Å². The van der Waals surface area contributed by atoms with Gasteiger partial charge in [-0.25, -0.2) is 4.79 Å². The predicted octanol–water partition coefficient (Wildman–Crippen LogP) is 5.50. The molecule has 5 nitrogen and oxygen atoms in total. The zero-order valence-corrected chi connectivity index (χ0v) is 17.6. The summed E-state index contributed by atoms with van der Waals surface area (Å²) in [6.45, 7) is 6.29. The number of hydrogen-bond donors (Lipinski definition) is 0. The van der Waals surface area contributed by atoms with Crippen molar-refractivity contribution in [3.63, 3.8) is 0 Å². The number of hydrogen-bond acceptors (Lipinski definition) is 5. The molecule has 1 aromatic rings. The van der Waals surface area contributed by atoms with Gasteiger partial charge >= 0.3 is 5.97 Å². The monoisotopic (exact) mass is 426 g/mol. The Morgan fingerprint density at radius 1 is 1.37 bits per heavy atom. The van der Waals surface area contributed by atoms with Crippen LogP contribution in [-0.4, -0.2) is 23.2 Å². The second-order valence-corrected chi connectivity index (χ2v) is 8.57. The molecule has 27 heavy (non-hydrogen) atoms. The van der Waals surface area contributed by atoms with E-state index in [0.29, 0.717) is 16.3 Å². The minimum Gasteiger partial charge on any atom is -0.446 e. The summed E-state index contributed by atoms with van der Waals surface area (Å²) in [6.07, 6.45) is 6.14. The van der Waals surface area contributed by atoms with Gasteiger partial charge in [-0.2, -0.15) is 5.11 Å². The van der Waals surface area contributed by atoms with Crippen molar-refractivity contribution in [2.45, 2.75) is 37.2 Å². The van der Waals surface area contributed by atoms with Crippen molar-refractivity contribution < 1.29 is 14.3 Å². The zero-order chi connectivity index (χ0) is 20.0. The molecule has 8 heteroatoms. The van der Waals surface area contributed by atoms with Crippen LogP contribution in [0.15, 0.2) is 40.7 Å². The highest BCUT2D eigenvalue weighted by atomic mass is 35.5. The maximum absolute atomic E-state index is 11.8. The van der Waals surface area contributed by atoms with Gasteiger partial charge in [0.2, 0.25) is 0 Å². The van der Waals surface area contributed by atoms with Gasteiger partial charge in [0.25, 0.3) is 5.91 Å². The van der Waals surface area contributed by atoms with Gasteiger partial charge in [-0.05, 0) is 46.4 Å². The van der Waals surface area contributed by atoms with Gasteiger partial charge in [-0.3, -0.25) is 4.79 Å². The number of esters is 1. The number of ether oxygens (including phenoxy) is 1. The van der Waals surface area contributed by atoms with Gasteiger partial charge in [-0.15, -0.1) is 16.9 Å². The van der Waals surface area contributed by atoms with Gasteiger partial charge in [-0.1, -0.05) is 44.0 Å². The average molecular weight is 427 g/mol. The number of rotatable bonds is 6. The van der Waals surface area contributed by atoms with Crippen molar-refractivity contribution in [3.8, 4) is 0 Å². The van der Waals surface area contributed by atoms with Crippen LogP contribution < -0.4 is 0 Å². The fourth-order valence-corrected chi connectivity index (χ4v) is 3.80. The number of halogens is 2. The molecule has 2 rings (SSSR count). The Kier molecular flexibility index (Phi) is 7.65. The predicted molar refractivity (Wildman–Crippen MR) is 110 cm³/mol. The van der Waals surface area contributed by atoms with Gasteiger partial charge in [0.15, 0.2) is 6.07 Å². The highest BCUT2D eigenvalue weighted by Crippen LogP contribution is 2.34. The second kappa shape index (κ2) is 9.53. The van der Waals surface area contributed by atoms with Crippen molar-refractivity contribution in [1.29, 1.82) is 0 Å². The molecular formula is C19H20Cl2N2O3S. The first-order valence-electron chi connectivity index (χ1n) is 8.19. The summed E-state index contributed by atoms with van der Waals surface area (Å²) in [5.41, 5.74) is 2.67. The number of azo groups is 1. The summed E-state index contributed by atoms with van der Waals surface area (Å²) >= 11 is 13.3. The normalized spacial score (nSPS) is 16.9. The highest BCUT2D eigenvalue weighted by molar-refractivity contribution is 8.00. The van der Waals surface area contributed by atoms with Crippen LogP contribution >= 0.6 is 35.0 Å². The Bertz CT molecular complexity index is 814. The number of amides is 1. The summed E-state index contributed by atoms with van der Waals surface area (Å²) in [6, 6.07) is 3.63. The molecule has 1 unspecified atom stereocenters. The third-order valence-corrected chi connectivity index (χ3v) is 5.40. The maximum atomic E-state index is 11.8. The van der Waals surface area contributed by atoms with Crippen molar-refractivity contribution in [2.75, 3.05) is 6.07 Å². The largest absolute Gasteiger partial charge is 0.446 e. The summed E-state index contributed by atoms with van der Waals surface area (Å²) in [4.78, 5) is 23.3. The lowest BCUT2D eigenvalue weighted by Crippen LogP contribution is -2.17. The minimum absolute atomic E-state index is 0.133. The maximum Gasteiger partial charge on any atom is 0.331 e. The standard InChI is InChI=1S/C19H20Cl2N2O3S/c1-19(2,3)14-9-15(21)12(4-5-17(24)26-11-20)8-13(14)10-27-16-6-7-22-23-18(16)25/h4-9,16H,10-11H2,1-3H3/b5-4+. The third kappa shape index (κ3) is 6.19. The van der Waals surface area contributed by atoms with Crippen LogP contribution in [0.4, 0.5) is 0 Å². The van der Waals surface area contributed by atoms with E-state index in [0.717, 1.165) is 11.1 Å². The van der Waals surface area contributed by atoms with E-state index >= 15 is 0 Å². The van der Waals surface area contributed by atoms with Crippen molar-refractivity contribution in [3.05, 3.63) is 52.2 Å². The number of thioether (sulfide) groups is 1. The first-order chi connectivity index (χ1) is 12.7. The summed E-state index contributed by atoms with van der Waals surface area (Å²) in [5, 5.41) is 7.36. The number of nitrogens with zero attached hydrogens (tertiary/aromatic N) is 2. The molecule has 1 aliphatic heterocycles. The summed E-state index contributed by atoms with van der Waals surface area (Å²) in [7, 11) is 0.